The molecule has 0 radical (unpaired) electrons. The lowest BCUT2D eigenvalue weighted by atomic mass is 9.94. The van der Waals surface area contributed by atoms with E-state index in [1.807, 2.05) is 26.2 Å². The monoisotopic (exact) mass is 292 g/mol. The fraction of sp³-hybridized carbons (Fsp3) is 0.600. The van der Waals surface area contributed by atoms with Crippen LogP contribution >= 0.6 is 27.3 Å². The second-order valence-electron chi connectivity index (χ2n) is 3.81. The van der Waals surface area contributed by atoms with Gasteiger partial charge in [0.15, 0.2) is 0 Å². The minimum atomic E-state index is -0.326. The van der Waals surface area contributed by atoms with Crippen LogP contribution in [-0.2, 0) is 4.74 Å². The zero-order valence-corrected chi connectivity index (χ0v) is 11.6. The molecule has 0 saturated heterocycles. The molecule has 1 atom stereocenters. The zero-order chi connectivity index (χ0) is 11.5. The highest BCUT2D eigenvalue weighted by Crippen LogP contribution is 2.34. The first-order chi connectivity index (χ1) is 7.03. The smallest absolute Gasteiger partial charge is 0.0833 e. The Kier molecular flexibility index (Phi) is 4.73. The highest BCUT2D eigenvalue weighted by atomic mass is 79.9. The maximum atomic E-state index is 5.70. The molecule has 0 spiro atoms. The average molecular weight is 293 g/mol. The van der Waals surface area contributed by atoms with E-state index in [-0.39, 0.29) is 11.6 Å². The quantitative estimate of drug-likeness (QED) is 0.648. The van der Waals surface area contributed by atoms with Gasteiger partial charge in [0.05, 0.1) is 11.6 Å². The number of nitrogens with two attached hydrogens (primary N) is 1. The Balaban J connectivity index is 2.93. The molecule has 0 aliphatic heterocycles. The third kappa shape index (κ3) is 3.01. The van der Waals surface area contributed by atoms with Gasteiger partial charge in [-0.2, -0.15) is 11.3 Å². The molecule has 0 aliphatic rings. The van der Waals surface area contributed by atoms with E-state index in [2.05, 4.69) is 26.7 Å². The highest BCUT2D eigenvalue weighted by molar-refractivity contribution is 9.10. The molecule has 3 nitrogen and oxygen atoms in total. The Morgan fingerprint density at radius 3 is 2.67 bits per heavy atom. The second kappa shape index (κ2) is 5.41. The number of rotatable bonds is 5. The summed E-state index contributed by atoms with van der Waals surface area (Å²) in [5.41, 5.74) is 3.64. The zero-order valence-electron chi connectivity index (χ0n) is 9.21. The Hall–Kier alpha value is 0.0600. The Morgan fingerprint density at radius 1 is 1.60 bits per heavy atom. The van der Waals surface area contributed by atoms with Gasteiger partial charge in [-0.3, -0.25) is 11.3 Å². The molecular formula is C10H17BrN2OS. The van der Waals surface area contributed by atoms with Crippen molar-refractivity contribution >= 4 is 27.3 Å². The topological polar surface area (TPSA) is 47.3 Å². The second-order valence-corrected chi connectivity index (χ2v) is 5.41. The molecule has 1 heterocycles. The van der Waals surface area contributed by atoms with E-state index >= 15 is 0 Å². The standard InChI is InChI=1S/C10H17BrN2OS/c1-4-14-10(2,3)9(13-12)7-5-15-6-8(7)11/h5-6,9,13H,4,12H2,1-3H3. The van der Waals surface area contributed by atoms with Gasteiger partial charge in [0, 0.05) is 16.5 Å². The van der Waals surface area contributed by atoms with Crippen molar-refractivity contribution in [2.24, 2.45) is 5.84 Å². The molecule has 0 bridgehead atoms. The van der Waals surface area contributed by atoms with Gasteiger partial charge in [-0.25, -0.2) is 0 Å². The van der Waals surface area contributed by atoms with Crippen LogP contribution in [0.3, 0.4) is 0 Å². The molecule has 0 saturated carbocycles. The molecule has 1 unspecified atom stereocenters. The fourth-order valence-electron chi connectivity index (χ4n) is 1.62. The van der Waals surface area contributed by atoms with Crippen LogP contribution in [0.15, 0.2) is 15.2 Å². The van der Waals surface area contributed by atoms with Gasteiger partial charge in [0.25, 0.3) is 0 Å². The van der Waals surface area contributed by atoms with E-state index in [4.69, 9.17) is 10.6 Å². The molecule has 1 aromatic heterocycles. The molecule has 15 heavy (non-hydrogen) atoms. The minimum Gasteiger partial charge on any atom is -0.374 e. The van der Waals surface area contributed by atoms with E-state index in [0.29, 0.717) is 6.61 Å². The van der Waals surface area contributed by atoms with Crippen molar-refractivity contribution in [1.82, 2.24) is 5.43 Å². The SMILES string of the molecule is CCOC(C)(C)C(NN)c1cscc1Br. The van der Waals surface area contributed by atoms with Gasteiger partial charge < -0.3 is 4.74 Å². The van der Waals surface area contributed by atoms with Crippen molar-refractivity contribution in [3.63, 3.8) is 0 Å². The normalized spacial score (nSPS) is 14.2. The largest absolute Gasteiger partial charge is 0.374 e. The maximum absolute atomic E-state index is 5.70. The van der Waals surface area contributed by atoms with Crippen LogP contribution in [-0.4, -0.2) is 12.2 Å². The Morgan fingerprint density at radius 2 is 2.27 bits per heavy atom. The molecule has 0 amide bonds. The maximum Gasteiger partial charge on any atom is 0.0833 e. The number of ether oxygens (including phenoxy) is 1. The lowest BCUT2D eigenvalue weighted by Gasteiger charge is -2.33. The van der Waals surface area contributed by atoms with Crippen molar-refractivity contribution < 1.29 is 4.74 Å². The summed E-state index contributed by atoms with van der Waals surface area (Å²) in [6.07, 6.45) is 0. The van der Waals surface area contributed by atoms with Gasteiger partial charge in [0.1, 0.15) is 0 Å². The van der Waals surface area contributed by atoms with Crippen LogP contribution in [0.4, 0.5) is 0 Å². The van der Waals surface area contributed by atoms with Gasteiger partial charge in [-0.15, -0.1) is 0 Å². The van der Waals surface area contributed by atoms with Crippen LogP contribution in [0.25, 0.3) is 0 Å². The fourth-order valence-corrected chi connectivity index (χ4v) is 3.17. The summed E-state index contributed by atoms with van der Waals surface area (Å²) in [5, 5.41) is 4.12. The van der Waals surface area contributed by atoms with E-state index in [1.165, 1.54) is 0 Å². The van der Waals surface area contributed by atoms with Crippen LogP contribution in [0.5, 0.6) is 0 Å². The van der Waals surface area contributed by atoms with Crippen LogP contribution < -0.4 is 11.3 Å². The number of halogens is 1. The number of thiophene rings is 1. The van der Waals surface area contributed by atoms with Crippen molar-refractivity contribution in [3.8, 4) is 0 Å². The first kappa shape index (κ1) is 13.1. The Bertz CT molecular complexity index is 314. The van der Waals surface area contributed by atoms with E-state index in [0.717, 1.165) is 10.0 Å². The van der Waals surface area contributed by atoms with Crippen molar-refractivity contribution in [2.45, 2.75) is 32.4 Å². The summed E-state index contributed by atoms with van der Waals surface area (Å²) in [7, 11) is 0. The van der Waals surface area contributed by atoms with Crippen molar-refractivity contribution in [3.05, 3.63) is 20.8 Å². The predicted molar refractivity (Wildman–Crippen MR) is 67.8 cm³/mol. The van der Waals surface area contributed by atoms with Crippen LogP contribution in [0.1, 0.15) is 32.4 Å². The number of hydrogen-bond acceptors (Lipinski definition) is 4. The highest BCUT2D eigenvalue weighted by Gasteiger charge is 2.32. The minimum absolute atomic E-state index is 0.0157. The lowest BCUT2D eigenvalue weighted by molar-refractivity contribution is -0.0393. The van der Waals surface area contributed by atoms with Gasteiger partial charge in [0.2, 0.25) is 0 Å². The van der Waals surface area contributed by atoms with E-state index in [1.54, 1.807) is 11.3 Å². The van der Waals surface area contributed by atoms with Crippen LogP contribution in [0, 0.1) is 0 Å². The summed E-state index contributed by atoms with van der Waals surface area (Å²) < 4.78 is 6.77. The Labute approximate surface area is 103 Å². The molecule has 86 valence electrons. The van der Waals surface area contributed by atoms with Crippen molar-refractivity contribution in [1.29, 1.82) is 0 Å². The molecule has 1 aromatic rings. The number of hydrazine groups is 1. The van der Waals surface area contributed by atoms with Gasteiger partial charge in [-0.1, -0.05) is 0 Å². The summed E-state index contributed by atoms with van der Waals surface area (Å²) in [4.78, 5) is 0. The molecule has 3 N–H and O–H groups in total. The summed E-state index contributed by atoms with van der Waals surface area (Å²) >= 11 is 5.16. The first-order valence-corrected chi connectivity index (χ1v) is 6.58. The molecule has 5 heteroatoms. The third-order valence-corrected chi connectivity index (χ3v) is 4.08. The summed E-state index contributed by atoms with van der Waals surface area (Å²) in [6.45, 7) is 6.72. The summed E-state index contributed by atoms with van der Waals surface area (Å²) in [5.74, 6) is 5.60. The summed E-state index contributed by atoms with van der Waals surface area (Å²) in [6, 6.07) is -0.0157. The van der Waals surface area contributed by atoms with Gasteiger partial charge in [-0.05, 0) is 47.6 Å². The van der Waals surface area contributed by atoms with Crippen LogP contribution in [0.2, 0.25) is 0 Å². The molecule has 1 rings (SSSR count). The molecule has 0 aliphatic carbocycles. The number of hydrogen-bond donors (Lipinski definition) is 2. The molecule has 0 fully saturated rings. The van der Waals surface area contributed by atoms with Crippen molar-refractivity contribution in [2.75, 3.05) is 6.61 Å². The third-order valence-electron chi connectivity index (χ3n) is 2.33. The average Bonchev–Trinajstić information content (AvgIpc) is 2.53. The van der Waals surface area contributed by atoms with E-state index in [9.17, 15) is 0 Å². The number of nitrogens with one attached hydrogen (secondary N) is 1. The molecular weight excluding hydrogens is 276 g/mol. The predicted octanol–water partition coefficient (Wildman–Crippen LogP) is 2.83. The lowest BCUT2D eigenvalue weighted by Crippen LogP contribution is -2.44. The van der Waals surface area contributed by atoms with Gasteiger partial charge >= 0.3 is 0 Å². The first-order valence-electron chi connectivity index (χ1n) is 4.84. The van der Waals surface area contributed by atoms with E-state index < -0.39 is 0 Å². The molecule has 0 aromatic carbocycles.